The van der Waals surface area contributed by atoms with Crippen molar-refractivity contribution >= 4 is 5.97 Å². The molecule has 0 aliphatic carbocycles. The largest absolute Gasteiger partial charge is 0.491 e. The molecule has 0 amide bonds. The zero-order valence-corrected chi connectivity index (χ0v) is 9.09. The van der Waals surface area contributed by atoms with Crippen LogP contribution in [0.15, 0.2) is 49.8 Å². The van der Waals surface area contributed by atoms with E-state index < -0.39 is 12.1 Å². The van der Waals surface area contributed by atoms with Gasteiger partial charge < -0.3 is 14.6 Å². The van der Waals surface area contributed by atoms with Crippen LogP contribution in [0, 0.1) is 0 Å². The first-order chi connectivity index (χ1) is 7.63. The molecule has 0 aliphatic heterocycles. The Kier molecular flexibility index (Phi) is 7.53. The summed E-state index contributed by atoms with van der Waals surface area (Å²) < 4.78 is 9.79. The van der Waals surface area contributed by atoms with Gasteiger partial charge in [-0.25, -0.2) is 4.79 Å². The molecular weight excluding hydrogens is 208 g/mol. The summed E-state index contributed by atoms with van der Waals surface area (Å²) in [5.41, 5.74) is 0. The molecule has 0 radical (unpaired) electrons. The molecule has 1 atom stereocenters. The molecule has 4 heteroatoms. The number of hydrogen-bond acceptors (Lipinski definition) is 4. The first kappa shape index (κ1) is 14.2. The Morgan fingerprint density at radius 1 is 1.19 bits per heavy atom. The van der Waals surface area contributed by atoms with E-state index in [1.54, 1.807) is 12.2 Å². The van der Waals surface area contributed by atoms with Gasteiger partial charge in [0.15, 0.2) is 0 Å². The summed E-state index contributed by atoms with van der Waals surface area (Å²) in [4.78, 5) is 10.7. The molecule has 0 saturated carbocycles. The standard InChI is InChI=1S/C12H16O4/c1-4-7-11(5-2)15-8-10(13)9-16-12(14)6-3/h4-7,10,13H,1-3,8-9H2/b11-7+. The Morgan fingerprint density at radius 3 is 2.31 bits per heavy atom. The summed E-state index contributed by atoms with van der Waals surface area (Å²) in [6.45, 7) is 10.1. The third-order valence-electron chi connectivity index (χ3n) is 1.51. The summed E-state index contributed by atoms with van der Waals surface area (Å²) >= 11 is 0. The molecule has 0 aromatic carbocycles. The van der Waals surface area contributed by atoms with Crippen LogP contribution in [-0.4, -0.2) is 30.4 Å². The summed E-state index contributed by atoms with van der Waals surface area (Å²) in [6.07, 6.45) is 4.78. The van der Waals surface area contributed by atoms with Crippen molar-refractivity contribution in [2.45, 2.75) is 6.10 Å². The van der Waals surface area contributed by atoms with E-state index in [9.17, 15) is 9.90 Å². The second-order valence-corrected chi connectivity index (χ2v) is 2.81. The number of carbonyl (C=O) groups excluding carboxylic acids is 1. The fourth-order valence-corrected chi connectivity index (χ4v) is 0.769. The van der Waals surface area contributed by atoms with Crippen LogP contribution >= 0.6 is 0 Å². The highest BCUT2D eigenvalue weighted by Crippen LogP contribution is 2.00. The smallest absolute Gasteiger partial charge is 0.330 e. The van der Waals surface area contributed by atoms with Gasteiger partial charge in [-0.05, 0) is 12.2 Å². The van der Waals surface area contributed by atoms with Gasteiger partial charge in [-0.1, -0.05) is 25.8 Å². The predicted octanol–water partition coefficient (Wildman–Crippen LogP) is 1.35. The molecule has 0 heterocycles. The highest BCUT2D eigenvalue weighted by Gasteiger charge is 2.07. The molecule has 0 bridgehead atoms. The Balaban J connectivity index is 3.87. The highest BCUT2D eigenvalue weighted by molar-refractivity contribution is 5.81. The van der Waals surface area contributed by atoms with Crippen LogP contribution < -0.4 is 0 Å². The summed E-state index contributed by atoms with van der Waals surface area (Å²) in [5, 5.41) is 9.38. The van der Waals surface area contributed by atoms with E-state index in [-0.39, 0.29) is 13.2 Å². The van der Waals surface area contributed by atoms with Gasteiger partial charge in [0, 0.05) is 6.08 Å². The Morgan fingerprint density at radius 2 is 1.81 bits per heavy atom. The molecule has 1 unspecified atom stereocenters. The van der Waals surface area contributed by atoms with Crippen LogP contribution in [0.2, 0.25) is 0 Å². The summed E-state index contributed by atoms with van der Waals surface area (Å²) in [7, 11) is 0. The number of carbonyl (C=O) groups is 1. The van der Waals surface area contributed by atoms with E-state index in [4.69, 9.17) is 4.74 Å². The number of allylic oxidation sites excluding steroid dienone is 3. The lowest BCUT2D eigenvalue weighted by Crippen LogP contribution is -2.22. The molecule has 4 nitrogen and oxygen atoms in total. The first-order valence-corrected chi connectivity index (χ1v) is 4.69. The Hall–Kier alpha value is -1.81. The second-order valence-electron chi connectivity index (χ2n) is 2.81. The van der Waals surface area contributed by atoms with E-state index in [1.165, 1.54) is 6.08 Å². The molecular formula is C12H16O4. The fraction of sp³-hybridized carbons (Fsp3) is 0.250. The van der Waals surface area contributed by atoms with Crippen LogP contribution in [0.1, 0.15) is 0 Å². The van der Waals surface area contributed by atoms with Gasteiger partial charge in [0.2, 0.25) is 0 Å². The minimum Gasteiger partial charge on any atom is -0.491 e. The van der Waals surface area contributed by atoms with Crippen LogP contribution in [0.25, 0.3) is 0 Å². The number of aliphatic hydroxyl groups is 1. The van der Waals surface area contributed by atoms with Gasteiger partial charge >= 0.3 is 5.97 Å². The van der Waals surface area contributed by atoms with Gasteiger partial charge in [0.25, 0.3) is 0 Å². The fourth-order valence-electron chi connectivity index (χ4n) is 0.769. The third-order valence-corrected chi connectivity index (χ3v) is 1.51. The summed E-state index contributed by atoms with van der Waals surface area (Å²) in [6, 6.07) is 0. The van der Waals surface area contributed by atoms with Crippen molar-refractivity contribution in [2.75, 3.05) is 13.2 Å². The molecule has 16 heavy (non-hydrogen) atoms. The van der Waals surface area contributed by atoms with Gasteiger partial charge in [-0.3, -0.25) is 0 Å². The van der Waals surface area contributed by atoms with Crippen molar-refractivity contribution < 1.29 is 19.4 Å². The van der Waals surface area contributed by atoms with E-state index in [0.29, 0.717) is 5.76 Å². The topological polar surface area (TPSA) is 55.8 Å². The quantitative estimate of drug-likeness (QED) is 0.292. The van der Waals surface area contributed by atoms with E-state index in [2.05, 4.69) is 24.5 Å². The monoisotopic (exact) mass is 224 g/mol. The second kappa shape index (κ2) is 8.49. The van der Waals surface area contributed by atoms with Crippen molar-refractivity contribution in [1.82, 2.24) is 0 Å². The lowest BCUT2D eigenvalue weighted by molar-refractivity contribution is -0.141. The number of rotatable bonds is 8. The van der Waals surface area contributed by atoms with E-state index in [1.807, 2.05) is 0 Å². The maximum Gasteiger partial charge on any atom is 0.330 e. The predicted molar refractivity (Wildman–Crippen MR) is 61.6 cm³/mol. The molecule has 0 aromatic rings. The van der Waals surface area contributed by atoms with Crippen molar-refractivity contribution in [3.05, 3.63) is 49.8 Å². The summed E-state index contributed by atoms with van der Waals surface area (Å²) in [5.74, 6) is -0.0891. The molecule has 0 aliphatic rings. The van der Waals surface area contributed by atoms with Crippen LogP contribution in [-0.2, 0) is 14.3 Å². The lowest BCUT2D eigenvalue weighted by atomic mass is 10.4. The number of ether oxygens (including phenoxy) is 2. The molecule has 0 fully saturated rings. The number of hydrogen-bond donors (Lipinski definition) is 1. The van der Waals surface area contributed by atoms with Gasteiger partial charge in [-0.2, -0.15) is 0 Å². The first-order valence-electron chi connectivity index (χ1n) is 4.69. The molecule has 0 saturated heterocycles. The highest BCUT2D eigenvalue weighted by atomic mass is 16.5. The number of aliphatic hydroxyl groups excluding tert-OH is 1. The molecule has 1 N–H and O–H groups in total. The van der Waals surface area contributed by atoms with E-state index in [0.717, 1.165) is 6.08 Å². The van der Waals surface area contributed by atoms with Crippen LogP contribution in [0.4, 0.5) is 0 Å². The third kappa shape index (κ3) is 6.62. The zero-order chi connectivity index (χ0) is 12.4. The minimum absolute atomic E-state index is 0.0100. The average molecular weight is 224 g/mol. The molecule has 0 spiro atoms. The lowest BCUT2D eigenvalue weighted by Gasteiger charge is -2.12. The Bertz CT molecular complexity index is 291. The molecule has 88 valence electrons. The van der Waals surface area contributed by atoms with Crippen molar-refractivity contribution in [3.8, 4) is 0 Å². The van der Waals surface area contributed by atoms with Gasteiger partial charge in [0.1, 0.15) is 25.1 Å². The van der Waals surface area contributed by atoms with Crippen LogP contribution in [0.3, 0.4) is 0 Å². The Labute approximate surface area is 95.2 Å². The molecule has 0 rings (SSSR count). The maximum atomic E-state index is 10.7. The van der Waals surface area contributed by atoms with E-state index >= 15 is 0 Å². The van der Waals surface area contributed by atoms with Crippen molar-refractivity contribution in [2.24, 2.45) is 0 Å². The molecule has 0 aromatic heterocycles. The van der Waals surface area contributed by atoms with Gasteiger partial charge in [-0.15, -0.1) is 0 Å². The van der Waals surface area contributed by atoms with Crippen molar-refractivity contribution in [1.29, 1.82) is 0 Å². The average Bonchev–Trinajstić information content (AvgIpc) is 2.31. The van der Waals surface area contributed by atoms with Crippen molar-refractivity contribution in [3.63, 3.8) is 0 Å². The number of esters is 1. The van der Waals surface area contributed by atoms with Gasteiger partial charge in [0.05, 0.1) is 0 Å². The minimum atomic E-state index is -0.892. The maximum absolute atomic E-state index is 10.7. The normalized spacial score (nSPS) is 12.4. The van der Waals surface area contributed by atoms with Crippen LogP contribution in [0.5, 0.6) is 0 Å². The zero-order valence-electron chi connectivity index (χ0n) is 9.09. The SMILES string of the molecule is C=C/C=C(\C=C)OCC(O)COC(=O)C=C.